The third-order valence-electron chi connectivity index (χ3n) is 2.07. The lowest BCUT2D eigenvalue weighted by molar-refractivity contribution is -0.117. The van der Waals surface area contributed by atoms with Crippen molar-refractivity contribution in [1.82, 2.24) is 9.80 Å². The average molecular weight is 142 g/mol. The molecule has 1 fully saturated rings. The molecular formula is C7H14N2O. The number of carbonyl (C=O) groups is 1. The van der Waals surface area contributed by atoms with Gasteiger partial charge in [-0.15, -0.1) is 0 Å². The molecule has 0 unspecified atom stereocenters. The number of hydrogen-bond acceptors (Lipinski definition) is 2. The van der Waals surface area contributed by atoms with E-state index in [9.17, 15) is 4.79 Å². The van der Waals surface area contributed by atoms with Gasteiger partial charge in [-0.2, -0.15) is 0 Å². The van der Waals surface area contributed by atoms with Gasteiger partial charge in [0.05, 0.1) is 0 Å². The van der Waals surface area contributed by atoms with Crippen molar-refractivity contribution in [3.05, 3.63) is 0 Å². The maximum atomic E-state index is 10.3. The Labute approximate surface area is 61.6 Å². The van der Waals surface area contributed by atoms with Crippen molar-refractivity contribution in [2.75, 3.05) is 27.2 Å². The summed E-state index contributed by atoms with van der Waals surface area (Å²) in [7, 11) is 4.11. The number of nitrogens with zero attached hydrogens (tertiary/aromatic N) is 2. The molecule has 1 saturated heterocycles. The van der Waals surface area contributed by atoms with E-state index in [2.05, 4.69) is 19.0 Å². The summed E-state index contributed by atoms with van der Waals surface area (Å²) >= 11 is 0. The molecule has 1 rings (SSSR count). The lowest BCUT2D eigenvalue weighted by Crippen LogP contribution is -2.30. The van der Waals surface area contributed by atoms with Crippen LogP contribution in [-0.2, 0) is 4.79 Å². The van der Waals surface area contributed by atoms with Crippen molar-refractivity contribution in [2.24, 2.45) is 0 Å². The Morgan fingerprint density at radius 3 is 2.60 bits per heavy atom. The van der Waals surface area contributed by atoms with Gasteiger partial charge in [0.25, 0.3) is 0 Å². The summed E-state index contributed by atoms with van der Waals surface area (Å²) in [4.78, 5) is 14.3. The molecule has 0 aromatic rings. The van der Waals surface area contributed by atoms with Crippen molar-refractivity contribution in [1.29, 1.82) is 0 Å². The number of carbonyl (C=O) groups excluding carboxylic acids is 1. The fourth-order valence-electron chi connectivity index (χ4n) is 1.29. The lowest BCUT2D eigenvalue weighted by Gasteiger charge is -2.17. The highest BCUT2D eigenvalue weighted by molar-refractivity contribution is 5.47. The van der Waals surface area contributed by atoms with E-state index in [1.54, 1.807) is 0 Å². The second-order valence-corrected chi connectivity index (χ2v) is 3.01. The Hall–Kier alpha value is -0.570. The van der Waals surface area contributed by atoms with Gasteiger partial charge in [-0.3, -0.25) is 4.79 Å². The number of likely N-dealkylation sites (tertiary alicyclic amines) is 1. The fourth-order valence-corrected chi connectivity index (χ4v) is 1.29. The predicted octanol–water partition coefficient (Wildman–Crippen LogP) is -0.221. The molecule has 0 aliphatic carbocycles. The van der Waals surface area contributed by atoms with Crippen molar-refractivity contribution in [3.8, 4) is 0 Å². The summed E-state index contributed by atoms with van der Waals surface area (Å²) in [5, 5.41) is 0. The zero-order valence-electron chi connectivity index (χ0n) is 6.58. The number of likely N-dealkylation sites (N-methyl/N-ethyl adjacent to an activating group) is 1. The largest absolute Gasteiger partial charge is 0.344 e. The van der Waals surface area contributed by atoms with Gasteiger partial charge in [-0.1, -0.05) is 0 Å². The number of rotatable bonds is 2. The molecule has 1 aliphatic heterocycles. The topological polar surface area (TPSA) is 23.6 Å². The molecule has 3 nitrogen and oxygen atoms in total. The van der Waals surface area contributed by atoms with Gasteiger partial charge in [0, 0.05) is 19.1 Å². The highest BCUT2D eigenvalue weighted by Gasteiger charge is 2.21. The molecule has 1 atom stereocenters. The lowest BCUT2D eigenvalue weighted by atomic mass is 10.2. The smallest absolute Gasteiger partial charge is 0.209 e. The van der Waals surface area contributed by atoms with Crippen LogP contribution >= 0.6 is 0 Å². The highest BCUT2D eigenvalue weighted by atomic mass is 16.1. The molecule has 0 N–H and O–H groups in total. The van der Waals surface area contributed by atoms with Gasteiger partial charge < -0.3 is 9.80 Å². The minimum atomic E-state index is 0.574. The average Bonchev–Trinajstić information content (AvgIpc) is 2.34. The quantitative estimate of drug-likeness (QED) is 0.498. The molecular weight excluding hydrogens is 128 g/mol. The highest BCUT2D eigenvalue weighted by Crippen LogP contribution is 2.10. The van der Waals surface area contributed by atoms with E-state index >= 15 is 0 Å². The molecule has 1 amide bonds. The Bertz CT molecular complexity index is 125. The SMILES string of the molecule is CN(C)[C@H]1CCN(C=O)C1. The molecule has 58 valence electrons. The van der Waals surface area contributed by atoms with Crippen molar-refractivity contribution in [3.63, 3.8) is 0 Å². The molecule has 0 aromatic heterocycles. The van der Waals surface area contributed by atoms with Gasteiger partial charge in [0.15, 0.2) is 0 Å². The molecule has 3 heteroatoms. The molecule has 0 radical (unpaired) electrons. The van der Waals surface area contributed by atoms with E-state index < -0.39 is 0 Å². The van der Waals surface area contributed by atoms with Crippen LogP contribution in [0.5, 0.6) is 0 Å². The summed E-state index contributed by atoms with van der Waals surface area (Å²) in [6.07, 6.45) is 2.05. The van der Waals surface area contributed by atoms with Crippen LogP contribution in [-0.4, -0.2) is 49.4 Å². The standard InChI is InChI=1S/C7H14N2O/c1-8(2)7-3-4-9(5-7)6-10/h6-7H,3-5H2,1-2H3/t7-/m0/s1. The first-order chi connectivity index (χ1) is 4.74. The molecule has 0 aromatic carbocycles. The third-order valence-corrected chi connectivity index (χ3v) is 2.07. The van der Waals surface area contributed by atoms with Crippen LogP contribution < -0.4 is 0 Å². The monoisotopic (exact) mass is 142 g/mol. The predicted molar refractivity (Wildman–Crippen MR) is 39.7 cm³/mol. The number of amides is 1. The maximum Gasteiger partial charge on any atom is 0.209 e. The normalized spacial score (nSPS) is 25.9. The van der Waals surface area contributed by atoms with Crippen LogP contribution in [0, 0.1) is 0 Å². The van der Waals surface area contributed by atoms with Crippen LogP contribution in [0.25, 0.3) is 0 Å². The first-order valence-electron chi connectivity index (χ1n) is 3.60. The molecule has 1 heterocycles. The summed E-state index contributed by atoms with van der Waals surface area (Å²) in [6.45, 7) is 1.82. The molecule has 0 saturated carbocycles. The molecule has 0 spiro atoms. The van der Waals surface area contributed by atoms with Crippen LogP contribution in [0.2, 0.25) is 0 Å². The molecule has 0 bridgehead atoms. The Morgan fingerprint density at radius 2 is 2.30 bits per heavy atom. The van der Waals surface area contributed by atoms with Crippen LogP contribution in [0.4, 0.5) is 0 Å². The Kier molecular flexibility index (Phi) is 2.27. The van der Waals surface area contributed by atoms with E-state index in [0.29, 0.717) is 6.04 Å². The summed E-state index contributed by atoms with van der Waals surface area (Å²) in [5.41, 5.74) is 0. The van der Waals surface area contributed by atoms with Crippen molar-refractivity contribution in [2.45, 2.75) is 12.5 Å². The minimum absolute atomic E-state index is 0.574. The van der Waals surface area contributed by atoms with Gasteiger partial charge in [-0.25, -0.2) is 0 Å². The van der Waals surface area contributed by atoms with Gasteiger partial charge in [-0.05, 0) is 20.5 Å². The summed E-state index contributed by atoms with van der Waals surface area (Å²) < 4.78 is 0. The zero-order chi connectivity index (χ0) is 7.56. The Balaban J connectivity index is 2.35. The fraction of sp³-hybridized carbons (Fsp3) is 0.857. The van der Waals surface area contributed by atoms with Gasteiger partial charge >= 0.3 is 0 Å². The van der Waals surface area contributed by atoms with Gasteiger partial charge in [0.1, 0.15) is 0 Å². The number of hydrogen-bond donors (Lipinski definition) is 0. The van der Waals surface area contributed by atoms with Crippen LogP contribution in [0.15, 0.2) is 0 Å². The van der Waals surface area contributed by atoms with Gasteiger partial charge in [0.2, 0.25) is 6.41 Å². The van der Waals surface area contributed by atoms with E-state index in [4.69, 9.17) is 0 Å². The molecule has 10 heavy (non-hydrogen) atoms. The zero-order valence-corrected chi connectivity index (χ0v) is 6.58. The summed E-state index contributed by atoms with van der Waals surface area (Å²) in [6, 6.07) is 0.574. The first kappa shape index (κ1) is 7.54. The molecule has 1 aliphatic rings. The summed E-state index contributed by atoms with van der Waals surface area (Å²) in [5.74, 6) is 0. The second kappa shape index (κ2) is 3.01. The van der Waals surface area contributed by atoms with Crippen molar-refractivity contribution >= 4 is 6.41 Å². The minimum Gasteiger partial charge on any atom is -0.344 e. The maximum absolute atomic E-state index is 10.3. The van der Waals surface area contributed by atoms with Crippen LogP contribution in [0.3, 0.4) is 0 Å². The van der Waals surface area contributed by atoms with E-state index in [1.807, 2.05) is 4.90 Å². The first-order valence-corrected chi connectivity index (χ1v) is 3.60. The van der Waals surface area contributed by atoms with E-state index in [1.165, 1.54) is 0 Å². The third kappa shape index (κ3) is 1.48. The second-order valence-electron chi connectivity index (χ2n) is 3.01. The van der Waals surface area contributed by atoms with Crippen LogP contribution in [0.1, 0.15) is 6.42 Å². The van der Waals surface area contributed by atoms with E-state index in [-0.39, 0.29) is 0 Å². The Morgan fingerprint density at radius 1 is 1.60 bits per heavy atom. The van der Waals surface area contributed by atoms with E-state index in [0.717, 1.165) is 25.9 Å². The van der Waals surface area contributed by atoms with Crippen molar-refractivity contribution < 1.29 is 4.79 Å².